The molecule has 0 aromatic heterocycles. The van der Waals surface area contributed by atoms with E-state index in [-0.39, 0.29) is 5.56 Å². The average Bonchev–Trinajstić information content (AvgIpc) is 2.47. The normalized spacial score (nSPS) is 10.7. The van der Waals surface area contributed by atoms with Crippen LogP contribution in [-0.4, -0.2) is 17.4 Å². The van der Waals surface area contributed by atoms with Gasteiger partial charge in [-0.05, 0) is 48.9 Å². The molecule has 2 aromatic carbocycles. The average molecular weight is 283 g/mol. The van der Waals surface area contributed by atoms with E-state index in [4.69, 9.17) is 10.8 Å². The zero-order valence-corrected chi connectivity index (χ0v) is 11.3. The first-order chi connectivity index (χ1) is 10.0. The zero-order chi connectivity index (χ0) is 15.4. The number of nitrogens with two attached hydrogens (primary N) is 1. The third-order valence-electron chi connectivity index (χ3n) is 2.92. The summed E-state index contributed by atoms with van der Waals surface area (Å²) in [6, 6.07) is 9.23. The highest BCUT2D eigenvalue weighted by molar-refractivity contribution is 5.88. The van der Waals surface area contributed by atoms with Crippen molar-refractivity contribution in [2.24, 2.45) is 10.2 Å². The van der Waals surface area contributed by atoms with Crippen molar-refractivity contribution in [2.75, 3.05) is 5.73 Å². The number of carboxylic acids is 1. The Morgan fingerprint density at radius 3 is 2.43 bits per heavy atom. The first kappa shape index (κ1) is 14.4. The molecule has 2 aromatic rings. The van der Waals surface area contributed by atoms with Gasteiger partial charge in [0, 0.05) is 11.3 Å². The summed E-state index contributed by atoms with van der Waals surface area (Å²) >= 11 is 0. The molecule has 0 aliphatic rings. The van der Waals surface area contributed by atoms with Gasteiger partial charge in [-0.15, -0.1) is 0 Å². The second-order valence-electron chi connectivity index (χ2n) is 4.44. The Kier molecular flexibility index (Phi) is 4.08. The van der Waals surface area contributed by atoms with E-state index in [2.05, 4.69) is 10.2 Å². The fraction of sp³-hybridized carbons (Fsp3) is 0.0667. The molecule has 21 heavy (non-hydrogen) atoms. The summed E-state index contributed by atoms with van der Waals surface area (Å²) in [4.78, 5) is 21.6. The highest BCUT2D eigenvalue weighted by Gasteiger charge is 2.04. The van der Waals surface area contributed by atoms with Gasteiger partial charge in [-0.25, -0.2) is 4.79 Å². The summed E-state index contributed by atoms with van der Waals surface area (Å²) in [6.45, 7) is 1.81. The number of nitrogen functional groups attached to an aromatic ring is 1. The van der Waals surface area contributed by atoms with Crippen molar-refractivity contribution < 1.29 is 14.7 Å². The zero-order valence-electron chi connectivity index (χ0n) is 11.3. The Morgan fingerprint density at radius 1 is 1.19 bits per heavy atom. The Labute approximate surface area is 120 Å². The van der Waals surface area contributed by atoms with E-state index < -0.39 is 5.97 Å². The maximum absolute atomic E-state index is 10.9. The molecule has 2 rings (SSSR count). The maximum atomic E-state index is 10.9. The van der Waals surface area contributed by atoms with E-state index in [1.54, 1.807) is 24.3 Å². The Morgan fingerprint density at radius 2 is 1.86 bits per heavy atom. The molecule has 0 spiro atoms. The summed E-state index contributed by atoms with van der Waals surface area (Å²) in [7, 11) is 0. The lowest BCUT2D eigenvalue weighted by Crippen LogP contribution is -1.94. The molecule has 0 radical (unpaired) electrons. The number of azo groups is 1. The van der Waals surface area contributed by atoms with Gasteiger partial charge in [0.05, 0.1) is 16.9 Å². The molecule has 0 saturated carbocycles. The van der Waals surface area contributed by atoms with E-state index in [9.17, 15) is 9.59 Å². The van der Waals surface area contributed by atoms with Gasteiger partial charge in [0.2, 0.25) is 0 Å². The number of carboxylic acid groups (broad SMARTS) is 1. The summed E-state index contributed by atoms with van der Waals surface area (Å²) in [6.07, 6.45) is 0.662. The Balaban J connectivity index is 2.28. The molecular formula is C15H13N3O3. The van der Waals surface area contributed by atoms with Gasteiger partial charge >= 0.3 is 5.97 Å². The van der Waals surface area contributed by atoms with Crippen LogP contribution in [0.25, 0.3) is 0 Å². The molecule has 0 saturated heterocycles. The quantitative estimate of drug-likeness (QED) is 0.508. The van der Waals surface area contributed by atoms with E-state index in [0.29, 0.717) is 28.9 Å². The molecule has 6 nitrogen and oxygen atoms in total. The molecule has 0 heterocycles. The van der Waals surface area contributed by atoms with Gasteiger partial charge in [-0.3, -0.25) is 4.79 Å². The van der Waals surface area contributed by atoms with E-state index in [1.165, 1.54) is 12.1 Å². The number of nitrogens with zero attached hydrogens (tertiary/aromatic N) is 2. The fourth-order valence-corrected chi connectivity index (χ4v) is 1.73. The van der Waals surface area contributed by atoms with Gasteiger partial charge < -0.3 is 10.8 Å². The van der Waals surface area contributed by atoms with Crippen LogP contribution in [0.2, 0.25) is 0 Å². The molecule has 106 valence electrons. The van der Waals surface area contributed by atoms with Crippen LogP contribution in [0.4, 0.5) is 17.1 Å². The van der Waals surface area contributed by atoms with Gasteiger partial charge in [0.15, 0.2) is 6.29 Å². The third kappa shape index (κ3) is 3.30. The number of aldehydes is 1. The molecule has 0 fully saturated rings. The Hall–Kier alpha value is -3.02. The summed E-state index contributed by atoms with van der Waals surface area (Å²) in [5, 5.41) is 16.9. The van der Waals surface area contributed by atoms with Crippen molar-refractivity contribution >= 4 is 29.3 Å². The van der Waals surface area contributed by atoms with Crippen LogP contribution in [0.15, 0.2) is 46.6 Å². The SMILES string of the molecule is Cc1cc(N)c(C=O)cc1/N=N/c1ccc(C(=O)O)cc1. The van der Waals surface area contributed by atoms with E-state index in [1.807, 2.05) is 6.92 Å². The van der Waals surface area contributed by atoms with Crippen molar-refractivity contribution in [1.82, 2.24) is 0 Å². The summed E-state index contributed by atoms with van der Waals surface area (Å²) in [5.41, 5.74) is 8.48. The number of aryl methyl sites for hydroxylation is 1. The fourth-order valence-electron chi connectivity index (χ4n) is 1.73. The van der Waals surface area contributed by atoms with Crippen LogP contribution < -0.4 is 5.73 Å². The van der Waals surface area contributed by atoms with Crippen molar-refractivity contribution in [1.29, 1.82) is 0 Å². The number of hydrogen-bond acceptors (Lipinski definition) is 5. The molecule has 0 unspecified atom stereocenters. The van der Waals surface area contributed by atoms with Gasteiger partial charge in [-0.2, -0.15) is 10.2 Å². The minimum Gasteiger partial charge on any atom is -0.478 e. The van der Waals surface area contributed by atoms with Crippen LogP contribution >= 0.6 is 0 Å². The predicted molar refractivity (Wildman–Crippen MR) is 78.6 cm³/mol. The monoisotopic (exact) mass is 283 g/mol. The van der Waals surface area contributed by atoms with E-state index in [0.717, 1.165) is 5.56 Å². The second-order valence-corrected chi connectivity index (χ2v) is 4.44. The number of carbonyl (C=O) groups is 2. The van der Waals surface area contributed by atoms with Crippen molar-refractivity contribution in [3.63, 3.8) is 0 Å². The third-order valence-corrected chi connectivity index (χ3v) is 2.92. The number of carbonyl (C=O) groups excluding carboxylic acids is 1. The van der Waals surface area contributed by atoms with Crippen LogP contribution in [0, 0.1) is 6.92 Å². The standard InChI is InChI=1S/C15H13N3O3/c1-9-6-13(16)11(8-19)7-14(9)18-17-12-4-2-10(3-5-12)15(20)21/h2-8H,16H2,1H3,(H,20,21)/b18-17+. The molecule has 3 N–H and O–H groups in total. The van der Waals surface area contributed by atoms with Crippen LogP contribution in [0.3, 0.4) is 0 Å². The minimum atomic E-state index is -0.997. The molecule has 6 heteroatoms. The van der Waals surface area contributed by atoms with Crippen LogP contribution in [0.5, 0.6) is 0 Å². The number of benzene rings is 2. The molecule has 0 atom stereocenters. The van der Waals surface area contributed by atoms with Gasteiger partial charge in [0.1, 0.15) is 0 Å². The number of hydrogen-bond donors (Lipinski definition) is 2. The molecule has 0 amide bonds. The van der Waals surface area contributed by atoms with Crippen molar-refractivity contribution in [3.8, 4) is 0 Å². The largest absolute Gasteiger partial charge is 0.478 e. The molecule has 0 aliphatic heterocycles. The van der Waals surface area contributed by atoms with Crippen molar-refractivity contribution in [3.05, 3.63) is 53.1 Å². The summed E-state index contributed by atoms with van der Waals surface area (Å²) in [5.74, 6) is -0.997. The highest BCUT2D eigenvalue weighted by Crippen LogP contribution is 2.26. The highest BCUT2D eigenvalue weighted by atomic mass is 16.4. The Bertz CT molecular complexity index is 722. The van der Waals surface area contributed by atoms with Crippen LogP contribution in [-0.2, 0) is 0 Å². The minimum absolute atomic E-state index is 0.181. The van der Waals surface area contributed by atoms with Gasteiger partial charge in [-0.1, -0.05) is 0 Å². The summed E-state index contributed by atoms with van der Waals surface area (Å²) < 4.78 is 0. The lowest BCUT2D eigenvalue weighted by molar-refractivity contribution is 0.0696. The van der Waals surface area contributed by atoms with Crippen LogP contribution in [0.1, 0.15) is 26.3 Å². The van der Waals surface area contributed by atoms with Gasteiger partial charge in [0.25, 0.3) is 0 Å². The molecular weight excluding hydrogens is 270 g/mol. The van der Waals surface area contributed by atoms with Crippen molar-refractivity contribution in [2.45, 2.75) is 6.92 Å². The first-order valence-electron chi connectivity index (χ1n) is 6.11. The first-order valence-corrected chi connectivity index (χ1v) is 6.11. The van der Waals surface area contributed by atoms with E-state index >= 15 is 0 Å². The lowest BCUT2D eigenvalue weighted by Gasteiger charge is -2.03. The second kappa shape index (κ2) is 5.96. The molecule has 0 bridgehead atoms. The molecule has 0 aliphatic carbocycles. The topological polar surface area (TPSA) is 105 Å². The number of aromatic carboxylic acids is 1. The maximum Gasteiger partial charge on any atom is 0.335 e. The smallest absolute Gasteiger partial charge is 0.335 e. The number of anilines is 1. The number of rotatable bonds is 4. The predicted octanol–water partition coefficient (Wildman–Crippen LogP) is 3.50. The lowest BCUT2D eigenvalue weighted by atomic mass is 10.1.